The Kier molecular flexibility index (Phi) is 6.32. The Morgan fingerprint density at radius 1 is 1.27 bits per heavy atom. The Morgan fingerprint density at radius 3 is 2.50 bits per heavy atom. The van der Waals surface area contributed by atoms with Gasteiger partial charge in [0.25, 0.3) is 0 Å². The maximum Gasteiger partial charge on any atom is 0.337 e. The Labute approximate surface area is 134 Å². The first-order valence-corrected chi connectivity index (χ1v) is 6.94. The summed E-state index contributed by atoms with van der Waals surface area (Å²) in [5, 5.41) is 2.49. The van der Waals surface area contributed by atoms with Crippen molar-refractivity contribution < 1.29 is 18.7 Å². The number of nitrogens with two attached hydrogens (primary N) is 1. The molecular weight excluding hydrogens is 311 g/mol. The van der Waals surface area contributed by atoms with Crippen LogP contribution in [-0.4, -0.2) is 24.5 Å². The van der Waals surface area contributed by atoms with Crippen LogP contribution in [0, 0.1) is 5.82 Å². The Balaban J connectivity index is 0.00000242. The van der Waals surface area contributed by atoms with E-state index in [1.807, 2.05) is 0 Å². The van der Waals surface area contributed by atoms with Gasteiger partial charge in [-0.15, -0.1) is 12.4 Å². The van der Waals surface area contributed by atoms with Gasteiger partial charge in [-0.3, -0.25) is 4.79 Å². The number of rotatable bonds is 3. The molecule has 0 unspecified atom stereocenters. The van der Waals surface area contributed by atoms with Crippen molar-refractivity contribution in [3.63, 3.8) is 0 Å². The molecule has 3 N–H and O–H groups in total. The van der Waals surface area contributed by atoms with Crippen LogP contribution in [0.5, 0.6) is 0 Å². The maximum atomic E-state index is 13.8. The van der Waals surface area contributed by atoms with Crippen LogP contribution in [0.2, 0.25) is 0 Å². The highest BCUT2D eigenvalue weighted by Gasteiger charge is 2.35. The van der Waals surface area contributed by atoms with E-state index in [1.54, 1.807) is 0 Å². The van der Waals surface area contributed by atoms with Gasteiger partial charge in [0.2, 0.25) is 5.91 Å². The first-order chi connectivity index (χ1) is 9.96. The molecule has 0 aliphatic heterocycles. The topological polar surface area (TPSA) is 81.4 Å². The number of amides is 1. The molecule has 0 aromatic heterocycles. The minimum atomic E-state index is -0.966. The molecule has 1 amide bonds. The summed E-state index contributed by atoms with van der Waals surface area (Å²) in [7, 11) is 1.24. The number of esters is 1. The number of ether oxygens (including phenoxy) is 1. The first-order valence-electron chi connectivity index (χ1n) is 6.94. The van der Waals surface area contributed by atoms with Crippen LogP contribution in [0.4, 0.5) is 10.1 Å². The maximum absolute atomic E-state index is 13.8. The quantitative estimate of drug-likeness (QED) is 0.835. The van der Waals surface area contributed by atoms with Crippen molar-refractivity contribution in [2.75, 3.05) is 12.4 Å². The number of anilines is 1. The largest absolute Gasteiger partial charge is 0.465 e. The third-order valence-electron chi connectivity index (χ3n) is 3.83. The molecule has 0 radical (unpaired) electrons. The molecule has 7 heteroatoms. The van der Waals surface area contributed by atoms with Crippen molar-refractivity contribution in [3.8, 4) is 0 Å². The lowest BCUT2D eigenvalue weighted by molar-refractivity contribution is -0.122. The fourth-order valence-corrected chi connectivity index (χ4v) is 2.52. The van der Waals surface area contributed by atoms with Crippen LogP contribution in [0.3, 0.4) is 0 Å². The molecule has 0 saturated heterocycles. The van der Waals surface area contributed by atoms with Gasteiger partial charge in [0.15, 0.2) is 0 Å². The van der Waals surface area contributed by atoms with Crippen molar-refractivity contribution in [2.24, 2.45) is 5.73 Å². The van der Waals surface area contributed by atoms with E-state index >= 15 is 0 Å². The van der Waals surface area contributed by atoms with E-state index in [0.717, 1.165) is 25.3 Å². The van der Waals surface area contributed by atoms with E-state index in [2.05, 4.69) is 10.1 Å². The second kappa shape index (κ2) is 7.56. The molecule has 0 heterocycles. The number of methoxy groups -OCH3 is 1. The van der Waals surface area contributed by atoms with Gasteiger partial charge < -0.3 is 15.8 Å². The highest BCUT2D eigenvalue weighted by atomic mass is 35.5. The number of hydrogen-bond donors (Lipinski definition) is 2. The van der Waals surface area contributed by atoms with Gasteiger partial charge in [0.1, 0.15) is 5.82 Å². The summed E-state index contributed by atoms with van der Waals surface area (Å²) in [5.74, 6) is -1.62. The average Bonchev–Trinajstić information content (AvgIpc) is 2.49. The number of nitrogens with one attached hydrogen (secondary N) is 1. The Morgan fingerprint density at radius 2 is 1.91 bits per heavy atom. The molecule has 122 valence electrons. The number of hydrogen-bond acceptors (Lipinski definition) is 4. The van der Waals surface area contributed by atoms with E-state index < -0.39 is 23.2 Å². The van der Waals surface area contributed by atoms with Crippen molar-refractivity contribution in [2.45, 2.75) is 37.6 Å². The molecule has 2 rings (SSSR count). The minimum absolute atomic E-state index is 0. The lowest BCUT2D eigenvalue weighted by Gasteiger charge is -2.31. The third kappa shape index (κ3) is 3.96. The minimum Gasteiger partial charge on any atom is -0.465 e. The highest BCUT2D eigenvalue weighted by molar-refractivity contribution is 5.99. The van der Waals surface area contributed by atoms with E-state index in [-0.39, 0.29) is 23.7 Å². The summed E-state index contributed by atoms with van der Waals surface area (Å²) in [6.07, 6.45) is 3.98. The van der Waals surface area contributed by atoms with Crippen LogP contribution in [0.1, 0.15) is 42.5 Å². The Hall–Kier alpha value is -1.66. The molecule has 1 aliphatic rings. The highest BCUT2D eigenvalue weighted by Crippen LogP contribution is 2.28. The monoisotopic (exact) mass is 330 g/mol. The number of carbonyl (C=O) groups is 2. The SMILES string of the molecule is COC(=O)c1ccc(F)c(NC(=O)C2(N)CCCCC2)c1.Cl. The summed E-state index contributed by atoms with van der Waals surface area (Å²) in [4.78, 5) is 23.7. The molecule has 22 heavy (non-hydrogen) atoms. The second-order valence-electron chi connectivity index (χ2n) is 5.36. The molecule has 1 fully saturated rings. The molecule has 0 spiro atoms. The molecule has 0 bridgehead atoms. The predicted octanol–water partition coefficient (Wildman–Crippen LogP) is 2.63. The van der Waals surface area contributed by atoms with Crippen LogP contribution in [-0.2, 0) is 9.53 Å². The smallest absolute Gasteiger partial charge is 0.337 e. The Bertz CT molecular complexity index is 560. The molecule has 1 aromatic carbocycles. The summed E-state index contributed by atoms with van der Waals surface area (Å²) < 4.78 is 18.4. The van der Waals surface area contributed by atoms with Gasteiger partial charge in [-0.25, -0.2) is 9.18 Å². The number of carbonyl (C=O) groups excluding carboxylic acids is 2. The van der Waals surface area contributed by atoms with Crippen LogP contribution >= 0.6 is 12.4 Å². The zero-order valence-electron chi connectivity index (χ0n) is 12.4. The zero-order chi connectivity index (χ0) is 15.5. The normalized spacial score (nSPS) is 16.3. The van der Waals surface area contributed by atoms with Crippen LogP contribution in [0.25, 0.3) is 0 Å². The van der Waals surface area contributed by atoms with Crippen molar-refractivity contribution >= 4 is 30.0 Å². The molecule has 1 saturated carbocycles. The van der Waals surface area contributed by atoms with E-state index in [1.165, 1.54) is 19.2 Å². The van der Waals surface area contributed by atoms with Crippen molar-refractivity contribution in [3.05, 3.63) is 29.6 Å². The van der Waals surface area contributed by atoms with Crippen LogP contribution in [0.15, 0.2) is 18.2 Å². The number of benzene rings is 1. The van der Waals surface area contributed by atoms with E-state index in [0.29, 0.717) is 12.8 Å². The van der Waals surface area contributed by atoms with Gasteiger partial charge in [0, 0.05) is 0 Å². The lowest BCUT2D eigenvalue weighted by Crippen LogP contribution is -2.52. The standard InChI is InChI=1S/C15H19FN2O3.ClH/c1-21-13(19)10-5-6-11(16)12(9-10)18-14(20)15(17)7-3-2-4-8-15;/h5-6,9H,2-4,7-8,17H2,1H3,(H,18,20);1H. The fraction of sp³-hybridized carbons (Fsp3) is 0.467. The van der Waals surface area contributed by atoms with Gasteiger partial charge in [-0.1, -0.05) is 19.3 Å². The second-order valence-corrected chi connectivity index (χ2v) is 5.36. The molecule has 1 aliphatic carbocycles. The van der Waals surface area contributed by atoms with E-state index in [9.17, 15) is 14.0 Å². The summed E-state index contributed by atoms with van der Waals surface area (Å²) in [5.41, 5.74) is 5.25. The number of halogens is 2. The molecule has 5 nitrogen and oxygen atoms in total. The molecule has 0 atom stereocenters. The van der Waals surface area contributed by atoms with Gasteiger partial charge >= 0.3 is 5.97 Å². The molecular formula is C15H20ClFN2O3. The summed E-state index contributed by atoms with van der Waals surface area (Å²) in [6.45, 7) is 0. The van der Waals surface area contributed by atoms with Gasteiger partial charge in [-0.05, 0) is 31.0 Å². The summed E-state index contributed by atoms with van der Waals surface area (Å²) >= 11 is 0. The lowest BCUT2D eigenvalue weighted by atomic mass is 9.82. The molecule has 1 aromatic rings. The zero-order valence-corrected chi connectivity index (χ0v) is 13.2. The summed E-state index contributed by atoms with van der Waals surface area (Å²) in [6, 6.07) is 3.67. The van der Waals surface area contributed by atoms with Gasteiger partial charge in [-0.2, -0.15) is 0 Å². The average molecular weight is 331 g/mol. The van der Waals surface area contributed by atoms with Crippen molar-refractivity contribution in [1.82, 2.24) is 0 Å². The van der Waals surface area contributed by atoms with Gasteiger partial charge in [0.05, 0.1) is 23.9 Å². The third-order valence-corrected chi connectivity index (χ3v) is 3.83. The predicted molar refractivity (Wildman–Crippen MR) is 83.6 cm³/mol. The van der Waals surface area contributed by atoms with Crippen LogP contribution < -0.4 is 11.1 Å². The first kappa shape index (κ1) is 18.4. The van der Waals surface area contributed by atoms with Crippen molar-refractivity contribution in [1.29, 1.82) is 0 Å². The fourth-order valence-electron chi connectivity index (χ4n) is 2.52. The van der Waals surface area contributed by atoms with E-state index in [4.69, 9.17) is 5.73 Å².